The number of fused-ring (bicyclic) bond motifs is 2. The maximum atomic E-state index is 13.5. The van der Waals surface area contributed by atoms with Gasteiger partial charge in [-0.1, -0.05) is 6.42 Å². The van der Waals surface area contributed by atoms with Crippen molar-refractivity contribution in [2.45, 2.75) is 31.7 Å². The van der Waals surface area contributed by atoms with Gasteiger partial charge in [0.2, 0.25) is 0 Å². The molecule has 2 saturated carbocycles. The number of halogens is 1. The Morgan fingerprint density at radius 1 is 1.33 bits per heavy atom. The molecule has 0 aromatic heterocycles. The predicted octanol–water partition coefficient (Wildman–Crippen LogP) is 2.45. The van der Waals surface area contributed by atoms with Crippen molar-refractivity contribution in [3.8, 4) is 5.75 Å². The molecule has 0 radical (unpaired) electrons. The first-order chi connectivity index (χ1) is 8.63. The number of rotatable bonds is 2. The summed E-state index contributed by atoms with van der Waals surface area (Å²) in [5, 5.41) is 12.0. The molecule has 96 valence electrons. The number of carbonyl (C=O) groups is 1. The van der Waals surface area contributed by atoms with Gasteiger partial charge in [-0.05, 0) is 43.2 Å². The van der Waals surface area contributed by atoms with Gasteiger partial charge in [0.15, 0.2) is 0 Å². The lowest BCUT2D eigenvalue weighted by atomic mass is 9.95. The summed E-state index contributed by atoms with van der Waals surface area (Å²) in [7, 11) is 0. The summed E-state index contributed by atoms with van der Waals surface area (Å²) >= 11 is 0. The van der Waals surface area contributed by atoms with Crippen LogP contribution in [0.4, 0.5) is 4.39 Å². The first kappa shape index (κ1) is 11.5. The van der Waals surface area contributed by atoms with Gasteiger partial charge in [0.05, 0.1) is 5.56 Å². The van der Waals surface area contributed by atoms with Gasteiger partial charge in [-0.3, -0.25) is 4.79 Å². The third-order valence-corrected chi connectivity index (χ3v) is 4.25. The molecule has 0 aliphatic heterocycles. The number of amides is 1. The summed E-state index contributed by atoms with van der Waals surface area (Å²) in [6, 6.07) is 3.83. The standard InChI is InChI=1S/C14H16FNO2/c15-12-7-10(17)3-4-11(12)14(18)16-13-6-8-1-2-9(13)5-8/h3-4,7-9,13,17H,1-2,5-6H2,(H,16,18). The Bertz CT molecular complexity index is 489. The molecular weight excluding hydrogens is 233 g/mol. The maximum absolute atomic E-state index is 13.5. The zero-order valence-corrected chi connectivity index (χ0v) is 10.0. The van der Waals surface area contributed by atoms with Crippen LogP contribution < -0.4 is 5.32 Å². The minimum Gasteiger partial charge on any atom is -0.508 e. The van der Waals surface area contributed by atoms with E-state index >= 15 is 0 Å². The number of hydrogen-bond donors (Lipinski definition) is 2. The van der Waals surface area contributed by atoms with Gasteiger partial charge in [0, 0.05) is 12.1 Å². The molecule has 2 N–H and O–H groups in total. The molecule has 0 spiro atoms. The molecule has 3 atom stereocenters. The van der Waals surface area contributed by atoms with Crippen LogP contribution in [-0.2, 0) is 0 Å². The van der Waals surface area contributed by atoms with Gasteiger partial charge in [-0.15, -0.1) is 0 Å². The first-order valence-electron chi connectivity index (χ1n) is 6.43. The maximum Gasteiger partial charge on any atom is 0.254 e. The molecule has 3 rings (SSSR count). The van der Waals surface area contributed by atoms with Crippen molar-refractivity contribution in [2.75, 3.05) is 0 Å². The molecule has 1 amide bonds. The second kappa shape index (κ2) is 4.26. The van der Waals surface area contributed by atoms with E-state index in [-0.39, 0.29) is 23.3 Å². The van der Waals surface area contributed by atoms with E-state index in [9.17, 15) is 9.18 Å². The monoisotopic (exact) mass is 249 g/mol. The Balaban J connectivity index is 1.71. The van der Waals surface area contributed by atoms with Gasteiger partial charge < -0.3 is 10.4 Å². The van der Waals surface area contributed by atoms with Crippen molar-refractivity contribution in [3.05, 3.63) is 29.6 Å². The Morgan fingerprint density at radius 2 is 2.17 bits per heavy atom. The lowest BCUT2D eigenvalue weighted by Gasteiger charge is -2.22. The molecule has 1 aromatic rings. The van der Waals surface area contributed by atoms with Crippen LogP contribution in [0.25, 0.3) is 0 Å². The molecule has 2 aliphatic rings. The van der Waals surface area contributed by atoms with Crippen LogP contribution >= 0.6 is 0 Å². The summed E-state index contributed by atoms with van der Waals surface area (Å²) in [5.74, 6) is 0.105. The van der Waals surface area contributed by atoms with Crippen molar-refractivity contribution in [1.82, 2.24) is 5.32 Å². The zero-order valence-electron chi connectivity index (χ0n) is 10.0. The van der Waals surface area contributed by atoms with Crippen molar-refractivity contribution in [1.29, 1.82) is 0 Å². The van der Waals surface area contributed by atoms with Crippen LogP contribution in [0.2, 0.25) is 0 Å². The molecule has 3 nitrogen and oxygen atoms in total. The number of hydrogen-bond acceptors (Lipinski definition) is 2. The number of nitrogens with one attached hydrogen (secondary N) is 1. The van der Waals surface area contributed by atoms with Gasteiger partial charge in [-0.2, -0.15) is 0 Å². The minimum atomic E-state index is -0.671. The summed E-state index contributed by atoms with van der Waals surface area (Å²) in [6.45, 7) is 0. The topological polar surface area (TPSA) is 49.3 Å². The van der Waals surface area contributed by atoms with Crippen molar-refractivity contribution in [2.24, 2.45) is 11.8 Å². The molecule has 2 bridgehead atoms. The third-order valence-electron chi connectivity index (χ3n) is 4.25. The van der Waals surface area contributed by atoms with E-state index < -0.39 is 5.82 Å². The van der Waals surface area contributed by atoms with Crippen LogP contribution in [0.15, 0.2) is 18.2 Å². The van der Waals surface area contributed by atoms with E-state index in [1.165, 1.54) is 31.4 Å². The zero-order chi connectivity index (χ0) is 12.7. The van der Waals surface area contributed by atoms with Gasteiger partial charge in [0.25, 0.3) is 5.91 Å². The largest absolute Gasteiger partial charge is 0.508 e. The fourth-order valence-corrected chi connectivity index (χ4v) is 3.36. The minimum absolute atomic E-state index is 0.00979. The molecule has 4 heteroatoms. The molecule has 18 heavy (non-hydrogen) atoms. The summed E-state index contributed by atoms with van der Waals surface area (Å²) < 4.78 is 13.5. The number of aromatic hydroxyl groups is 1. The average Bonchev–Trinajstić information content (AvgIpc) is 2.90. The van der Waals surface area contributed by atoms with Crippen molar-refractivity contribution < 1.29 is 14.3 Å². The lowest BCUT2D eigenvalue weighted by Crippen LogP contribution is -2.38. The highest BCUT2D eigenvalue weighted by Gasteiger charge is 2.40. The lowest BCUT2D eigenvalue weighted by molar-refractivity contribution is 0.0919. The van der Waals surface area contributed by atoms with E-state index in [1.54, 1.807) is 0 Å². The molecular formula is C14H16FNO2. The molecule has 2 aliphatic carbocycles. The highest BCUT2D eigenvalue weighted by atomic mass is 19.1. The fourth-order valence-electron chi connectivity index (χ4n) is 3.36. The summed E-state index contributed by atoms with van der Waals surface area (Å²) in [5.41, 5.74) is 0.00979. The highest BCUT2D eigenvalue weighted by molar-refractivity contribution is 5.94. The summed E-state index contributed by atoms with van der Waals surface area (Å²) in [6.07, 6.45) is 4.66. The molecule has 1 aromatic carbocycles. The molecule has 0 heterocycles. The highest BCUT2D eigenvalue weighted by Crippen LogP contribution is 2.44. The van der Waals surface area contributed by atoms with Gasteiger partial charge >= 0.3 is 0 Å². The smallest absolute Gasteiger partial charge is 0.254 e. The van der Waals surface area contributed by atoms with E-state index in [1.807, 2.05) is 0 Å². The second-order valence-corrected chi connectivity index (χ2v) is 5.42. The number of phenols is 1. The van der Waals surface area contributed by atoms with Crippen LogP contribution in [0.1, 0.15) is 36.0 Å². The normalized spacial score (nSPS) is 29.5. The van der Waals surface area contributed by atoms with Crippen LogP contribution in [-0.4, -0.2) is 17.1 Å². The van der Waals surface area contributed by atoms with Crippen LogP contribution in [0.5, 0.6) is 5.75 Å². The van der Waals surface area contributed by atoms with E-state index in [2.05, 4.69) is 5.32 Å². The first-order valence-corrected chi connectivity index (χ1v) is 6.43. The molecule has 3 unspecified atom stereocenters. The van der Waals surface area contributed by atoms with E-state index in [4.69, 9.17) is 5.11 Å². The quantitative estimate of drug-likeness (QED) is 0.845. The van der Waals surface area contributed by atoms with Crippen molar-refractivity contribution >= 4 is 5.91 Å². The SMILES string of the molecule is O=C(NC1CC2CCC1C2)c1ccc(O)cc1F. The average molecular weight is 249 g/mol. The number of benzene rings is 1. The fraction of sp³-hybridized carbons (Fsp3) is 0.500. The predicted molar refractivity (Wildman–Crippen MR) is 64.8 cm³/mol. The Labute approximate surface area is 105 Å². The molecule has 0 saturated heterocycles. The van der Waals surface area contributed by atoms with Crippen molar-refractivity contribution in [3.63, 3.8) is 0 Å². The summed E-state index contributed by atoms with van der Waals surface area (Å²) in [4.78, 5) is 12.0. The van der Waals surface area contributed by atoms with Crippen LogP contribution in [0, 0.1) is 17.7 Å². The van der Waals surface area contributed by atoms with Crippen LogP contribution in [0.3, 0.4) is 0 Å². The van der Waals surface area contributed by atoms with Gasteiger partial charge in [-0.25, -0.2) is 4.39 Å². The Kier molecular flexibility index (Phi) is 2.73. The van der Waals surface area contributed by atoms with E-state index in [0.717, 1.165) is 18.4 Å². The van der Waals surface area contributed by atoms with E-state index in [0.29, 0.717) is 5.92 Å². The number of phenolic OH excluding ortho intramolecular Hbond substituents is 1. The Hall–Kier alpha value is -1.58. The second-order valence-electron chi connectivity index (χ2n) is 5.42. The Morgan fingerprint density at radius 3 is 2.78 bits per heavy atom. The van der Waals surface area contributed by atoms with Gasteiger partial charge in [0.1, 0.15) is 11.6 Å². The number of carbonyl (C=O) groups excluding carboxylic acids is 1. The third kappa shape index (κ3) is 1.96. The molecule has 2 fully saturated rings.